The molecule has 0 fully saturated rings. The van der Waals surface area contributed by atoms with Crippen LogP contribution >= 0.6 is 0 Å². The molecule has 2 N–H and O–H groups in total. The number of hydrogen-bond acceptors (Lipinski definition) is 2. The molecule has 1 aromatic carbocycles. The molecule has 0 heterocycles. The second-order valence-electron chi connectivity index (χ2n) is 4.69. The van der Waals surface area contributed by atoms with Crippen LogP contribution in [0.5, 0.6) is 0 Å². The molecule has 0 spiro atoms. The van der Waals surface area contributed by atoms with Gasteiger partial charge in [0.1, 0.15) is 0 Å². The van der Waals surface area contributed by atoms with E-state index in [0.29, 0.717) is 12.5 Å². The third-order valence-electron chi connectivity index (χ3n) is 2.58. The van der Waals surface area contributed by atoms with Crippen molar-refractivity contribution in [3.8, 4) is 0 Å². The molecule has 94 valence electrons. The highest BCUT2D eigenvalue weighted by atomic mass is 16.1. The lowest BCUT2D eigenvalue weighted by Gasteiger charge is -2.21. The molecule has 0 radical (unpaired) electrons. The van der Waals surface area contributed by atoms with Gasteiger partial charge in [-0.3, -0.25) is 4.79 Å². The zero-order valence-corrected chi connectivity index (χ0v) is 10.9. The highest BCUT2D eigenvalue weighted by Crippen LogP contribution is 2.20. The van der Waals surface area contributed by atoms with Gasteiger partial charge in [-0.15, -0.1) is 0 Å². The van der Waals surface area contributed by atoms with Gasteiger partial charge in [0.2, 0.25) is 5.91 Å². The first-order chi connectivity index (χ1) is 8.13. The molecule has 1 atom stereocenters. The Morgan fingerprint density at radius 3 is 2.41 bits per heavy atom. The SMILES string of the molecule is CNCC(=O)NC(CC(C)C)c1ccccc1. The fourth-order valence-electron chi connectivity index (χ4n) is 1.84. The van der Waals surface area contributed by atoms with Crippen molar-refractivity contribution in [2.45, 2.75) is 26.3 Å². The molecule has 1 amide bonds. The molecular weight excluding hydrogens is 212 g/mol. The maximum Gasteiger partial charge on any atom is 0.234 e. The second kappa shape index (κ2) is 7.07. The van der Waals surface area contributed by atoms with Gasteiger partial charge >= 0.3 is 0 Å². The number of carbonyl (C=O) groups excluding carboxylic acids is 1. The van der Waals surface area contributed by atoms with Crippen molar-refractivity contribution >= 4 is 5.91 Å². The number of carbonyl (C=O) groups is 1. The Labute approximate surface area is 104 Å². The van der Waals surface area contributed by atoms with E-state index in [9.17, 15) is 4.79 Å². The molecule has 3 heteroatoms. The molecule has 17 heavy (non-hydrogen) atoms. The van der Waals surface area contributed by atoms with Crippen molar-refractivity contribution in [2.24, 2.45) is 5.92 Å². The first kappa shape index (κ1) is 13.7. The van der Waals surface area contributed by atoms with Crippen LogP contribution in [-0.2, 0) is 4.79 Å². The minimum Gasteiger partial charge on any atom is -0.348 e. The van der Waals surface area contributed by atoms with Gasteiger partial charge in [-0.25, -0.2) is 0 Å². The molecule has 0 aliphatic carbocycles. The van der Waals surface area contributed by atoms with E-state index in [1.54, 1.807) is 7.05 Å². The predicted octanol–water partition coefficient (Wildman–Crippen LogP) is 2.11. The van der Waals surface area contributed by atoms with Crippen molar-refractivity contribution in [3.63, 3.8) is 0 Å². The molecule has 0 saturated carbocycles. The monoisotopic (exact) mass is 234 g/mol. The smallest absolute Gasteiger partial charge is 0.234 e. The number of hydrogen-bond donors (Lipinski definition) is 2. The Balaban J connectivity index is 2.70. The summed E-state index contributed by atoms with van der Waals surface area (Å²) in [5.74, 6) is 0.595. The lowest BCUT2D eigenvalue weighted by atomic mass is 9.97. The summed E-state index contributed by atoms with van der Waals surface area (Å²) in [6.07, 6.45) is 0.958. The first-order valence-electron chi connectivity index (χ1n) is 6.12. The van der Waals surface area contributed by atoms with Gasteiger partial charge in [-0.1, -0.05) is 44.2 Å². The lowest BCUT2D eigenvalue weighted by Crippen LogP contribution is -2.35. The molecule has 0 aliphatic rings. The van der Waals surface area contributed by atoms with Crippen LogP contribution in [0, 0.1) is 5.92 Å². The number of amides is 1. The third-order valence-corrected chi connectivity index (χ3v) is 2.58. The third kappa shape index (κ3) is 5.00. The average Bonchev–Trinajstić information content (AvgIpc) is 2.29. The summed E-state index contributed by atoms with van der Waals surface area (Å²) < 4.78 is 0. The van der Waals surface area contributed by atoms with E-state index in [4.69, 9.17) is 0 Å². The molecule has 0 aliphatic heterocycles. The van der Waals surface area contributed by atoms with Crippen LogP contribution in [0.25, 0.3) is 0 Å². The standard InChI is InChI=1S/C14H22N2O/c1-11(2)9-13(16-14(17)10-15-3)12-7-5-4-6-8-12/h4-8,11,13,15H,9-10H2,1-3H3,(H,16,17). The molecule has 0 saturated heterocycles. The van der Waals surface area contributed by atoms with E-state index < -0.39 is 0 Å². The quantitative estimate of drug-likeness (QED) is 0.791. The summed E-state index contributed by atoms with van der Waals surface area (Å²) >= 11 is 0. The van der Waals surface area contributed by atoms with E-state index in [-0.39, 0.29) is 11.9 Å². The molecule has 0 bridgehead atoms. The summed E-state index contributed by atoms with van der Waals surface area (Å²) in [7, 11) is 1.78. The molecular formula is C14H22N2O. The van der Waals surface area contributed by atoms with Gasteiger partial charge in [0.15, 0.2) is 0 Å². The maximum atomic E-state index is 11.6. The summed E-state index contributed by atoms with van der Waals surface area (Å²) in [6.45, 7) is 4.70. The fourth-order valence-corrected chi connectivity index (χ4v) is 1.84. The van der Waals surface area contributed by atoms with Crippen LogP contribution in [0.15, 0.2) is 30.3 Å². The molecule has 1 aromatic rings. The largest absolute Gasteiger partial charge is 0.348 e. The minimum absolute atomic E-state index is 0.0435. The predicted molar refractivity (Wildman–Crippen MR) is 70.7 cm³/mol. The van der Waals surface area contributed by atoms with Gasteiger partial charge in [-0.2, -0.15) is 0 Å². The lowest BCUT2D eigenvalue weighted by molar-refractivity contribution is -0.121. The second-order valence-corrected chi connectivity index (χ2v) is 4.69. The van der Waals surface area contributed by atoms with E-state index in [1.165, 1.54) is 5.56 Å². The van der Waals surface area contributed by atoms with Gasteiger partial charge in [-0.05, 0) is 24.9 Å². The van der Waals surface area contributed by atoms with Gasteiger partial charge in [0.05, 0.1) is 12.6 Å². The van der Waals surface area contributed by atoms with Crippen molar-refractivity contribution in [1.29, 1.82) is 0 Å². The number of likely N-dealkylation sites (N-methyl/N-ethyl adjacent to an activating group) is 1. The Morgan fingerprint density at radius 1 is 1.24 bits per heavy atom. The summed E-state index contributed by atoms with van der Waals surface area (Å²) in [6, 6.07) is 10.2. The van der Waals surface area contributed by atoms with Crippen LogP contribution in [-0.4, -0.2) is 19.5 Å². The Kier molecular flexibility index (Phi) is 5.70. The number of benzene rings is 1. The van der Waals surface area contributed by atoms with Crippen molar-refractivity contribution < 1.29 is 4.79 Å². The van der Waals surface area contributed by atoms with Crippen molar-refractivity contribution in [3.05, 3.63) is 35.9 Å². The van der Waals surface area contributed by atoms with Gasteiger partial charge in [0, 0.05) is 0 Å². The molecule has 1 rings (SSSR count). The van der Waals surface area contributed by atoms with Crippen molar-refractivity contribution in [1.82, 2.24) is 10.6 Å². The average molecular weight is 234 g/mol. The molecule has 3 nitrogen and oxygen atoms in total. The first-order valence-corrected chi connectivity index (χ1v) is 6.12. The maximum absolute atomic E-state index is 11.6. The van der Waals surface area contributed by atoms with E-state index in [0.717, 1.165) is 6.42 Å². The molecule has 0 aromatic heterocycles. The summed E-state index contributed by atoms with van der Waals surface area (Å²) in [4.78, 5) is 11.6. The highest BCUT2D eigenvalue weighted by Gasteiger charge is 2.15. The van der Waals surface area contributed by atoms with E-state index in [1.807, 2.05) is 18.2 Å². The Hall–Kier alpha value is -1.35. The Morgan fingerprint density at radius 2 is 1.88 bits per heavy atom. The number of rotatable bonds is 6. The molecule has 1 unspecified atom stereocenters. The van der Waals surface area contributed by atoms with Gasteiger partial charge < -0.3 is 10.6 Å². The van der Waals surface area contributed by atoms with Crippen LogP contribution < -0.4 is 10.6 Å². The summed E-state index contributed by atoms with van der Waals surface area (Å²) in [5, 5.41) is 5.93. The van der Waals surface area contributed by atoms with E-state index in [2.05, 4.69) is 36.6 Å². The highest BCUT2D eigenvalue weighted by molar-refractivity contribution is 5.78. The van der Waals surface area contributed by atoms with Gasteiger partial charge in [0.25, 0.3) is 0 Å². The Bertz CT molecular complexity index is 335. The van der Waals surface area contributed by atoms with E-state index >= 15 is 0 Å². The summed E-state index contributed by atoms with van der Waals surface area (Å²) in [5.41, 5.74) is 1.17. The van der Waals surface area contributed by atoms with Crippen LogP contribution in [0.2, 0.25) is 0 Å². The van der Waals surface area contributed by atoms with Crippen molar-refractivity contribution in [2.75, 3.05) is 13.6 Å². The minimum atomic E-state index is 0.0435. The normalized spacial score (nSPS) is 12.5. The zero-order valence-electron chi connectivity index (χ0n) is 10.9. The number of nitrogens with one attached hydrogen (secondary N) is 2. The zero-order chi connectivity index (χ0) is 12.7. The van der Waals surface area contributed by atoms with Crippen LogP contribution in [0.3, 0.4) is 0 Å². The topological polar surface area (TPSA) is 41.1 Å². The fraction of sp³-hybridized carbons (Fsp3) is 0.500. The van der Waals surface area contributed by atoms with Crippen LogP contribution in [0.4, 0.5) is 0 Å². The van der Waals surface area contributed by atoms with Crippen LogP contribution in [0.1, 0.15) is 31.9 Å².